The molecule has 0 aromatic heterocycles. The van der Waals surface area contributed by atoms with Crippen molar-refractivity contribution in [3.05, 3.63) is 29.8 Å². The highest BCUT2D eigenvalue weighted by molar-refractivity contribution is 5.85. The second-order valence-electron chi connectivity index (χ2n) is 6.33. The zero-order chi connectivity index (χ0) is 17.9. The van der Waals surface area contributed by atoms with Crippen LogP contribution in [-0.2, 0) is 9.53 Å². The molecule has 0 aliphatic carbocycles. The van der Waals surface area contributed by atoms with Gasteiger partial charge < -0.3 is 20.1 Å². The van der Waals surface area contributed by atoms with E-state index in [0.29, 0.717) is 26.2 Å². The lowest BCUT2D eigenvalue weighted by molar-refractivity contribution is -0.120. The number of nitrogens with one attached hydrogen (secondary N) is 2. The Hall–Kier alpha value is -1.05. The summed E-state index contributed by atoms with van der Waals surface area (Å²) in [6, 6.07) is 8.23. The van der Waals surface area contributed by atoms with Gasteiger partial charge in [0.2, 0.25) is 5.91 Å². The number of carbonyl (C=O) groups excluding carboxylic acids is 1. The summed E-state index contributed by atoms with van der Waals surface area (Å²) in [5.41, 5.74) is 1.14. The van der Waals surface area contributed by atoms with E-state index in [1.165, 1.54) is 19.3 Å². The number of halogens is 2. The van der Waals surface area contributed by atoms with Crippen LogP contribution in [0.1, 0.15) is 30.9 Å². The number of methoxy groups -OCH3 is 2. The van der Waals surface area contributed by atoms with E-state index in [9.17, 15) is 4.79 Å². The topological polar surface area (TPSA) is 62.8 Å². The number of amides is 1. The van der Waals surface area contributed by atoms with Crippen LogP contribution in [0.4, 0.5) is 0 Å². The Balaban J connectivity index is 0.00000338. The highest BCUT2D eigenvalue weighted by atomic mass is 35.5. The van der Waals surface area contributed by atoms with Crippen LogP contribution < -0.4 is 15.4 Å². The van der Waals surface area contributed by atoms with Crippen molar-refractivity contribution in [1.29, 1.82) is 0 Å². The largest absolute Gasteiger partial charge is 0.496 e. The normalized spacial score (nSPS) is 15.2. The number of likely N-dealkylation sites (tertiary alicyclic amines) is 1. The van der Waals surface area contributed by atoms with Gasteiger partial charge in [-0.25, -0.2) is 0 Å². The fourth-order valence-electron chi connectivity index (χ4n) is 3.26. The molecule has 1 amide bonds. The Morgan fingerprint density at radius 1 is 1.15 bits per heavy atom. The van der Waals surface area contributed by atoms with E-state index in [-0.39, 0.29) is 36.8 Å². The molecule has 2 N–H and O–H groups in total. The summed E-state index contributed by atoms with van der Waals surface area (Å²) in [7, 11) is 3.35. The zero-order valence-corrected chi connectivity index (χ0v) is 17.9. The third-order valence-corrected chi connectivity index (χ3v) is 4.59. The van der Waals surface area contributed by atoms with Gasteiger partial charge in [0.25, 0.3) is 0 Å². The summed E-state index contributed by atoms with van der Waals surface area (Å²) < 4.78 is 10.5. The van der Waals surface area contributed by atoms with Crippen LogP contribution in [0, 0.1) is 0 Å². The molecule has 2 rings (SSSR count). The average Bonchev–Trinajstić information content (AvgIpc) is 2.66. The van der Waals surface area contributed by atoms with Crippen LogP contribution in [0.5, 0.6) is 5.75 Å². The van der Waals surface area contributed by atoms with E-state index in [2.05, 4.69) is 21.6 Å². The van der Waals surface area contributed by atoms with E-state index >= 15 is 0 Å². The zero-order valence-electron chi connectivity index (χ0n) is 16.2. The summed E-state index contributed by atoms with van der Waals surface area (Å²) in [6.45, 7) is 4.29. The summed E-state index contributed by atoms with van der Waals surface area (Å²) in [4.78, 5) is 14.6. The van der Waals surface area contributed by atoms with Crippen molar-refractivity contribution in [3.8, 4) is 5.75 Å². The molecule has 8 heteroatoms. The Morgan fingerprint density at radius 2 is 1.85 bits per heavy atom. The Kier molecular flexibility index (Phi) is 14.4. The molecule has 1 aliphatic heterocycles. The van der Waals surface area contributed by atoms with Gasteiger partial charge in [-0.3, -0.25) is 9.69 Å². The number of ether oxygens (including phenoxy) is 2. The molecule has 156 valence electrons. The molecule has 1 fully saturated rings. The molecule has 1 atom stereocenters. The summed E-state index contributed by atoms with van der Waals surface area (Å²) in [6.07, 6.45) is 3.70. The van der Waals surface area contributed by atoms with Crippen molar-refractivity contribution in [2.45, 2.75) is 25.3 Å². The van der Waals surface area contributed by atoms with E-state index < -0.39 is 0 Å². The van der Waals surface area contributed by atoms with Gasteiger partial charge in [0.15, 0.2) is 0 Å². The van der Waals surface area contributed by atoms with E-state index in [1.54, 1.807) is 14.2 Å². The Bertz CT molecular complexity index is 529. The number of piperidine rings is 1. The molecule has 1 aromatic carbocycles. The van der Waals surface area contributed by atoms with Gasteiger partial charge in [-0.1, -0.05) is 24.6 Å². The van der Waals surface area contributed by atoms with Crippen molar-refractivity contribution in [1.82, 2.24) is 15.5 Å². The molecule has 6 nitrogen and oxygen atoms in total. The molecule has 0 bridgehead atoms. The van der Waals surface area contributed by atoms with Crippen LogP contribution in [0.15, 0.2) is 24.3 Å². The van der Waals surface area contributed by atoms with E-state index in [4.69, 9.17) is 9.47 Å². The predicted octanol–water partition coefficient (Wildman–Crippen LogP) is 2.42. The molecule has 1 saturated heterocycles. The lowest BCUT2D eigenvalue weighted by atomic mass is 10.0. The highest BCUT2D eigenvalue weighted by Crippen LogP contribution is 2.30. The maximum Gasteiger partial charge on any atom is 0.234 e. The monoisotopic (exact) mass is 421 g/mol. The fourth-order valence-corrected chi connectivity index (χ4v) is 3.26. The van der Waals surface area contributed by atoms with Gasteiger partial charge in [0, 0.05) is 25.8 Å². The minimum atomic E-state index is 0. The van der Waals surface area contributed by atoms with E-state index in [0.717, 1.165) is 24.4 Å². The van der Waals surface area contributed by atoms with Gasteiger partial charge in [-0.15, -0.1) is 24.8 Å². The SMILES string of the molecule is COCCNCC(=O)NCC(c1ccccc1OC)N1CCCCC1.Cl.Cl. The standard InChI is InChI=1S/C19H31N3O3.2ClH/c1-24-13-10-20-15-19(23)21-14-17(22-11-6-3-7-12-22)16-8-4-5-9-18(16)25-2;;/h4-5,8-9,17,20H,3,6-7,10-15H2,1-2H3,(H,21,23);2*1H. The van der Waals surface area contributed by atoms with Crippen LogP contribution >= 0.6 is 24.8 Å². The number of carbonyl (C=O) groups is 1. The lowest BCUT2D eigenvalue weighted by Gasteiger charge is -2.35. The van der Waals surface area contributed by atoms with Gasteiger partial charge in [-0.2, -0.15) is 0 Å². The maximum absolute atomic E-state index is 12.1. The lowest BCUT2D eigenvalue weighted by Crippen LogP contribution is -2.43. The third kappa shape index (κ3) is 8.66. The number of nitrogens with zero attached hydrogens (tertiary/aromatic N) is 1. The Labute approximate surface area is 175 Å². The van der Waals surface area contributed by atoms with Crippen LogP contribution in [-0.4, -0.2) is 64.4 Å². The summed E-state index contributed by atoms with van der Waals surface area (Å²) in [5, 5.41) is 6.14. The van der Waals surface area contributed by atoms with Gasteiger partial charge in [-0.05, 0) is 32.0 Å². The van der Waals surface area contributed by atoms with Gasteiger partial charge in [0.1, 0.15) is 5.75 Å². The van der Waals surface area contributed by atoms with Crippen LogP contribution in [0.25, 0.3) is 0 Å². The fraction of sp³-hybridized carbons (Fsp3) is 0.632. The van der Waals surface area contributed by atoms with Crippen molar-refractivity contribution < 1.29 is 14.3 Å². The molecule has 0 saturated carbocycles. The highest BCUT2D eigenvalue weighted by Gasteiger charge is 2.25. The second-order valence-corrected chi connectivity index (χ2v) is 6.33. The smallest absolute Gasteiger partial charge is 0.234 e. The average molecular weight is 422 g/mol. The molecular weight excluding hydrogens is 389 g/mol. The number of para-hydroxylation sites is 1. The van der Waals surface area contributed by atoms with Crippen molar-refractivity contribution >= 4 is 30.7 Å². The minimum Gasteiger partial charge on any atom is -0.496 e. The third-order valence-electron chi connectivity index (χ3n) is 4.59. The number of rotatable bonds is 10. The van der Waals surface area contributed by atoms with Crippen molar-refractivity contribution in [3.63, 3.8) is 0 Å². The number of hydrogen-bond donors (Lipinski definition) is 2. The Morgan fingerprint density at radius 3 is 2.52 bits per heavy atom. The quantitative estimate of drug-likeness (QED) is 0.567. The van der Waals surface area contributed by atoms with E-state index in [1.807, 2.05) is 18.2 Å². The minimum absolute atomic E-state index is 0. The molecular formula is C19H33Cl2N3O3. The van der Waals surface area contributed by atoms with Crippen LogP contribution in [0.3, 0.4) is 0 Å². The first-order valence-corrected chi connectivity index (χ1v) is 9.09. The van der Waals surface area contributed by atoms with Gasteiger partial charge >= 0.3 is 0 Å². The summed E-state index contributed by atoms with van der Waals surface area (Å²) >= 11 is 0. The molecule has 1 heterocycles. The van der Waals surface area contributed by atoms with Crippen molar-refractivity contribution in [2.75, 3.05) is 53.6 Å². The first-order chi connectivity index (χ1) is 12.3. The maximum atomic E-state index is 12.1. The first-order valence-electron chi connectivity index (χ1n) is 9.09. The second kappa shape index (κ2) is 14.9. The molecule has 0 radical (unpaired) electrons. The predicted molar refractivity (Wildman–Crippen MR) is 113 cm³/mol. The molecule has 0 spiro atoms. The first kappa shape index (κ1) is 26.0. The number of benzene rings is 1. The molecule has 1 aliphatic rings. The van der Waals surface area contributed by atoms with Crippen LogP contribution in [0.2, 0.25) is 0 Å². The summed E-state index contributed by atoms with van der Waals surface area (Å²) in [5.74, 6) is 0.888. The molecule has 1 unspecified atom stereocenters. The molecule has 1 aromatic rings. The molecule has 27 heavy (non-hydrogen) atoms. The van der Waals surface area contributed by atoms with Crippen molar-refractivity contribution in [2.24, 2.45) is 0 Å². The number of hydrogen-bond acceptors (Lipinski definition) is 5. The van der Waals surface area contributed by atoms with Gasteiger partial charge in [0.05, 0.1) is 26.3 Å².